The van der Waals surface area contributed by atoms with E-state index >= 15 is 0 Å². The smallest absolute Gasteiger partial charge is 0.294 e. The number of methoxy groups -OCH3 is 1. The summed E-state index contributed by atoms with van der Waals surface area (Å²) in [5.74, 6) is -0.0736. The molecule has 0 fully saturated rings. The Morgan fingerprint density at radius 3 is 2.27 bits per heavy atom. The molecule has 0 aliphatic rings. The van der Waals surface area contributed by atoms with E-state index in [4.69, 9.17) is 20.1 Å². The first-order valence-corrected chi connectivity index (χ1v) is 12.4. The molecule has 0 bridgehead atoms. The minimum absolute atomic E-state index is 0.0504. The van der Waals surface area contributed by atoms with Gasteiger partial charge in [0.05, 0.1) is 40.6 Å². The van der Waals surface area contributed by atoms with Crippen molar-refractivity contribution in [2.24, 2.45) is 10.2 Å². The average Bonchev–Trinajstić information content (AvgIpc) is 3.04. The van der Waals surface area contributed by atoms with Crippen LogP contribution >= 0.6 is 0 Å². The lowest BCUT2D eigenvalue weighted by Gasteiger charge is -2.07. The van der Waals surface area contributed by atoms with Gasteiger partial charge in [-0.05, 0) is 49.4 Å². The molecule has 1 heterocycles. The van der Waals surface area contributed by atoms with Crippen molar-refractivity contribution in [3.8, 4) is 11.4 Å². The Morgan fingerprint density at radius 2 is 1.70 bits per heavy atom. The van der Waals surface area contributed by atoms with E-state index in [9.17, 15) is 16.8 Å². The van der Waals surface area contributed by atoms with Gasteiger partial charge < -0.3 is 15.6 Å². The second kappa shape index (κ2) is 9.27. The first-order valence-electron chi connectivity index (χ1n) is 9.34. The van der Waals surface area contributed by atoms with Gasteiger partial charge in [0.1, 0.15) is 11.4 Å². The lowest BCUT2D eigenvalue weighted by molar-refractivity contribution is 0.319. The Morgan fingerprint density at radius 1 is 1.06 bits per heavy atom. The third-order valence-electron chi connectivity index (χ3n) is 4.57. The molecule has 2 aromatic carbocycles. The number of aryl methyl sites for hydroxylation is 1. The van der Waals surface area contributed by atoms with Crippen molar-refractivity contribution in [2.45, 2.75) is 16.7 Å². The zero-order valence-corrected chi connectivity index (χ0v) is 19.2. The number of nitrogens with zero attached hydrogens (tertiary/aromatic N) is 4. The van der Waals surface area contributed by atoms with Crippen LogP contribution in [0.4, 0.5) is 17.2 Å². The summed E-state index contributed by atoms with van der Waals surface area (Å²) in [5, 5.41) is 21.5. The van der Waals surface area contributed by atoms with Gasteiger partial charge in [0, 0.05) is 0 Å². The van der Waals surface area contributed by atoms with Crippen molar-refractivity contribution in [1.29, 1.82) is 0 Å². The molecule has 0 atom stereocenters. The molecular weight excluding hydrogens is 474 g/mol. The van der Waals surface area contributed by atoms with E-state index in [0.29, 0.717) is 11.4 Å². The van der Waals surface area contributed by atoms with Crippen LogP contribution in [-0.4, -0.2) is 55.7 Å². The van der Waals surface area contributed by atoms with Crippen LogP contribution in [0, 0.1) is 6.92 Å². The number of ether oxygens (including phenoxy) is 1. The Bertz CT molecular complexity index is 1410. The maximum absolute atomic E-state index is 12.3. The number of hydrogen-bond donors (Lipinski definition) is 3. The molecule has 0 saturated carbocycles. The van der Waals surface area contributed by atoms with E-state index in [0.717, 1.165) is 0 Å². The molecule has 0 aliphatic carbocycles. The van der Waals surface area contributed by atoms with E-state index < -0.39 is 32.3 Å². The number of azo groups is 1. The van der Waals surface area contributed by atoms with Gasteiger partial charge in [0.2, 0.25) is 0 Å². The van der Waals surface area contributed by atoms with Crippen molar-refractivity contribution in [3.63, 3.8) is 0 Å². The van der Waals surface area contributed by atoms with Crippen LogP contribution < -0.4 is 10.5 Å². The minimum atomic E-state index is -4.34. The second-order valence-corrected chi connectivity index (χ2v) is 10.3. The van der Waals surface area contributed by atoms with Crippen LogP contribution in [0.25, 0.3) is 5.69 Å². The van der Waals surface area contributed by atoms with Crippen LogP contribution in [0.2, 0.25) is 0 Å². The summed E-state index contributed by atoms with van der Waals surface area (Å²) in [4.78, 5) is -0.331. The molecule has 14 heteroatoms. The number of nitrogens with two attached hydrogens (primary N) is 1. The molecule has 0 saturated heterocycles. The summed E-state index contributed by atoms with van der Waals surface area (Å²) < 4.78 is 62.6. The molecule has 3 rings (SSSR count). The zero-order chi connectivity index (χ0) is 24.4. The lowest BCUT2D eigenvalue weighted by Crippen LogP contribution is -2.09. The fraction of sp³-hybridized carbons (Fsp3) is 0.211. The van der Waals surface area contributed by atoms with Gasteiger partial charge in [0.15, 0.2) is 21.3 Å². The van der Waals surface area contributed by atoms with Gasteiger partial charge in [-0.3, -0.25) is 4.55 Å². The summed E-state index contributed by atoms with van der Waals surface area (Å²) in [5.41, 5.74) is 7.31. The molecule has 176 valence electrons. The Balaban J connectivity index is 2.00. The number of benzene rings is 2. The monoisotopic (exact) mass is 495 g/mol. The molecule has 1 aromatic heterocycles. The maximum atomic E-state index is 12.3. The van der Waals surface area contributed by atoms with Crippen LogP contribution in [0.5, 0.6) is 5.75 Å². The molecular formula is C19H21N5O7S2. The molecule has 0 aliphatic heterocycles. The van der Waals surface area contributed by atoms with E-state index in [1.165, 1.54) is 54.3 Å². The van der Waals surface area contributed by atoms with Crippen molar-refractivity contribution in [2.75, 3.05) is 25.2 Å². The highest BCUT2D eigenvalue weighted by molar-refractivity contribution is 7.91. The van der Waals surface area contributed by atoms with Crippen LogP contribution in [0.15, 0.2) is 62.5 Å². The van der Waals surface area contributed by atoms with Crippen LogP contribution in [0.1, 0.15) is 5.69 Å². The summed E-state index contributed by atoms with van der Waals surface area (Å²) in [6.07, 6.45) is 0. The SMILES string of the molecule is COc1ccc(S(=O)(=O)CCO)cc1N=Nc1c(C)nn(-c2ccc(S(=O)(=O)O)cc2)c1N. The average molecular weight is 496 g/mol. The number of nitrogen functional groups attached to an aromatic ring is 1. The third kappa shape index (κ3) is 5.19. The second-order valence-electron chi connectivity index (χ2n) is 6.78. The highest BCUT2D eigenvalue weighted by Gasteiger charge is 2.18. The number of aliphatic hydroxyl groups is 1. The van der Waals surface area contributed by atoms with Gasteiger partial charge >= 0.3 is 0 Å². The first-order chi connectivity index (χ1) is 15.5. The van der Waals surface area contributed by atoms with Gasteiger partial charge in [0.25, 0.3) is 10.1 Å². The number of hydrogen-bond acceptors (Lipinski definition) is 10. The third-order valence-corrected chi connectivity index (χ3v) is 7.13. The van der Waals surface area contributed by atoms with Crippen molar-refractivity contribution < 1.29 is 31.2 Å². The molecule has 0 spiro atoms. The fourth-order valence-electron chi connectivity index (χ4n) is 2.90. The van der Waals surface area contributed by atoms with E-state index in [1.807, 2.05) is 0 Å². The molecule has 0 radical (unpaired) electrons. The number of aromatic nitrogens is 2. The Hall–Kier alpha value is -3.33. The summed E-state index contributed by atoms with van der Waals surface area (Å²) in [6.45, 7) is 1.11. The van der Waals surface area contributed by atoms with Gasteiger partial charge in [-0.15, -0.1) is 10.2 Å². The summed E-state index contributed by atoms with van der Waals surface area (Å²) >= 11 is 0. The van der Waals surface area contributed by atoms with Crippen LogP contribution in [0.3, 0.4) is 0 Å². The highest BCUT2D eigenvalue weighted by atomic mass is 32.2. The molecule has 0 amide bonds. The lowest BCUT2D eigenvalue weighted by atomic mass is 10.3. The van der Waals surface area contributed by atoms with Crippen molar-refractivity contribution >= 4 is 37.1 Å². The number of rotatable bonds is 8. The molecule has 3 aromatic rings. The van der Waals surface area contributed by atoms with Crippen molar-refractivity contribution in [1.82, 2.24) is 9.78 Å². The van der Waals surface area contributed by atoms with Gasteiger partial charge in [-0.2, -0.15) is 13.5 Å². The van der Waals surface area contributed by atoms with Gasteiger partial charge in [-0.1, -0.05) is 0 Å². The van der Waals surface area contributed by atoms with Gasteiger partial charge in [-0.25, -0.2) is 13.1 Å². The Labute approximate surface area is 190 Å². The summed E-state index contributed by atoms with van der Waals surface area (Å²) in [6, 6.07) is 9.26. The number of sulfone groups is 1. The van der Waals surface area contributed by atoms with E-state index in [2.05, 4.69) is 15.3 Å². The molecule has 12 nitrogen and oxygen atoms in total. The largest absolute Gasteiger partial charge is 0.494 e. The quantitative estimate of drug-likeness (QED) is 0.311. The predicted octanol–water partition coefficient (Wildman–Crippen LogP) is 2.20. The topological polar surface area (TPSA) is 187 Å². The fourth-order valence-corrected chi connectivity index (χ4v) is 4.42. The minimum Gasteiger partial charge on any atom is -0.494 e. The normalized spacial score (nSPS) is 12.4. The summed E-state index contributed by atoms with van der Waals surface area (Å²) in [7, 11) is -6.66. The van der Waals surface area contributed by atoms with Crippen molar-refractivity contribution in [3.05, 3.63) is 48.2 Å². The Kier molecular flexibility index (Phi) is 6.83. The van der Waals surface area contributed by atoms with E-state index in [-0.39, 0.29) is 32.7 Å². The predicted molar refractivity (Wildman–Crippen MR) is 119 cm³/mol. The van der Waals surface area contributed by atoms with Crippen LogP contribution in [-0.2, 0) is 20.0 Å². The van der Waals surface area contributed by atoms with E-state index in [1.54, 1.807) is 6.92 Å². The standard InChI is InChI=1S/C19H21N5O7S2/c1-12-18(19(20)24(23-12)13-3-5-14(6-4-13)33(28,29)30)22-21-16-11-15(7-8-17(16)31-2)32(26,27)10-9-25/h3-8,11,25H,9-10,20H2,1-2H3,(H,28,29,30). The molecule has 33 heavy (non-hydrogen) atoms. The maximum Gasteiger partial charge on any atom is 0.294 e. The number of anilines is 1. The highest BCUT2D eigenvalue weighted by Crippen LogP contribution is 2.35. The molecule has 0 unspecified atom stereocenters. The zero-order valence-electron chi connectivity index (χ0n) is 17.6. The number of aliphatic hydroxyl groups excluding tert-OH is 1. The molecule has 4 N–H and O–H groups in total. The first kappa shape index (κ1) is 24.3.